The van der Waals surface area contributed by atoms with Crippen molar-refractivity contribution < 1.29 is 4.42 Å². The summed E-state index contributed by atoms with van der Waals surface area (Å²) >= 11 is 4.20. The molecule has 2 nitrogen and oxygen atoms in total. The number of unbranched alkanes of at least 4 members (excludes halogenated alkanes) is 2. The van der Waals surface area contributed by atoms with Crippen LogP contribution in [-0.4, -0.2) is 24.2 Å². The number of rotatable bonds is 7. The Balaban J connectivity index is 2.18. The maximum atomic E-state index is 5.27. The first-order chi connectivity index (χ1) is 7.24. The lowest BCUT2D eigenvalue weighted by Crippen LogP contribution is -2.19. The molecular weight excluding hydrogens is 206 g/mol. The van der Waals surface area contributed by atoms with Gasteiger partial charge in [0.25, 0.3) is 0 Å². The fraction of sp³-hybridized carbons (Fsp3) is 0.667. The van der Waals surface area contributed by atoms with Gasteiger partial charge in [-0.15, -0.1) is 0 Å². The van der Waals surface area contributed by atoms with Crippen LogP contribution in [0.1, 0.15) is 30.6 Å². The summed E-state index contributed by atoms with van der Waals surface area (Å²) in [6.07, 6.45) is 5.52. The Morgan fingerprint density at radius 2 is 2.13 bits per heavy atom. The van der Waals surface area contributed by atoms with Crippen LogP contribution >= 0.6 is 12.6 Å². The number of furan rings is 1. The van der Waals surface area contributed by atoms with Crippen molar-refractivity contribution in [3.05, 3.63) is 23.7 Å². The standard InChI is InChI=1S/C12H21NOS/c1-11-12(6-8-14-11)10-13(2)7-4-3-5-9-15/h6,8,15H,3-5,7,9-10H2,1-2H3. The van der Waals surface area contributed by atoms with Crippen molar-refractivity contribution in [1.82, 2.24) is 4.90 Å². The van der Waals surface area contributed by atoms with Crippen LogP contribution in [0.4, 0.5) is 0 Å². The van der Waals surface area contributed by atoms with Crippen LogP contribution in [0.3, 0.4) is 0 Å². The summed E-state index contributed by atoms with van der Waals surface area (Å²) in [6, 6.07) is 2.06. The average molecular weight is 227 g/mol. The summed E-state index contributed by atoms with van der Waals surface area (Å²) in [6.45, 7) is 4.16. The predicted molar refractivity (Wildman–Crippen MR) is 67.5 cm³/mol. The zero-order valence-electron chi connectivity index (χ0n) is 9.70. The van der Waals surface area contributed by atoms with Gasteiger partial charge in [-0.05, 0) is 45.2 Å². The van der Waals surface area contributed by atoms with Crippen LogP contribution in [-0.2, 0) is 6.54 Å². The minimum Gasteiger partial charge on any atom is -0.469 e. The Morgan fingerprint density at radius 1 is 1.33 bits per heavy atom. The highest BCUT2D eigenvalue weighted by Gasteiger charge is 2.04. The van der Waals surface area contributed by atoms with Crippen LogP contribution < -0.4 is 0 Å². The van der Waals surface area contributed by atoms with Crippen LogP contribution in [0.2, 0.25) is 0 Å². The van der Waals surface area contributed by atoms with E-state index in [4.69, 9.17) is 4.42 Å². The number of hydrogen-bond donors (Lipinski definition) is 1. The lowest BCUT2D eigenvalue weighted by atomic mass is 10.2. The second-order valence-electron chi connectivity index (χ2n) is 4.02. The van der Waals surface area contributed by atoms with Crippen molar-refractivity contribution in [2.24, 2.45) is 0 Å². The molecule has 0 bridgehead atoms. The normalized spacial score (nSPS) is 11.2. The van der Waals surface area contributed by atoms with E-state index in [9.17, 15) is 0 Å². The molecule has 0 aliphatic rings. The van der Waals surface area contributed by atoms with E-state index in [2.05, 4.69) is 30.6 Å². The summed E-state index contributed by atoms with van der Waals surface area (Å²) < 4.78 is 5.27. The van der Waals surface area contributed by atoms with E-state index >= 15 is 0 Å². The molecule has 0 saturated heterocycles. The van der Waals surface area contributed by atoms with Gasteiger partial charge in [-0.25, -0.2) is 0 Å². The van der Waals surface area contributed by atoms with Crippen molar-refractivity contribution >= 4 is 12.6 Å². The minimum atomic E-state index is 0.989. The summed E-state index contributed by atoms with van der Waals surface area (Å²) in [5, 5.41) is 0. The summed E-state index contributed by atoms with van der Waals surface area (Å²) in [5.74, 6) is 2.04. The van der Waals surface area contributed by atoms with E-state index in [1.165, 1.54) is 24.8 Å². The molecule has 0 amide bonds. The molecule has 0 saturated carbocycles. The molecule has 86 valence electrons. The smallest absolute Gasteiger partial charge is 0.105 e. The largest absolute Gasteiger partial charge is 0.469 e. The molecule has 1 aromatic heterocycles. The fourth-order valence-corrected chi connectivity index (χ4v) is 1.84. The van der Waals surface area contributed by atoms with Gasteiger partial charge in [-0.2, -0.15) is 12.6 Å². The van der Waals surface area contributed by atoms with Gasteiger partial charge in [0.05, 0.1) is 6.26 Å². The number of nitrogens with zero attached hydrogens (tertiary/aromatic N) is 1. The monoisotopic (exact) mass is 227 g/mol. The van der Waals surface area contributed by atoms with Crippen LogP contribution in [0.15, 0.2) is 16.7 Å². The zero-order valence-corrected chi connectivity index (χ0v) is 10.6. The zero-order chi connectivity index (χ0) is 11.1. The number of aryl methyl sites for hydroxylation is 1. The molecule has 3 heteroatoms. The van der Waals surface area contributed by atoms with Gasteiger partial charge in [0.1, 0.15) is 5.76 Å². The SMILES string of the molecule is Cc1occc1CN(C)CCCCCS. The van der Waals surface area contributed by atoms with Crippen molar-refractivity contribution in [3.8, 4) is 0 Å². The predicted octanol–water partition coefficient (Wildman–Crippen LogP) is 3.12. The first-order valence-corrected chi connectivity index (χ1v) is 6.19. The van der Waals surface area contributed by atoms with E-state index in [-0.39, 0.29) is 0 Å². The molecule has 0 spiro atoms. The summed E-state index contributed by atoms with van der Waals surface area (Å²) in [4.78, 5) is 2.34. The molecule has 0 fully saturated rings. The van der Waals surface area contributed by atoms with E-state index in [1.807, 2.05) is 6.92 Å². The Labute approximate surface area is 98.1 Å². The van der Waals surface area contributed by atoms with Crippen LogP contribution in [0.25, 0.3) is 0 Å². The minimum absolute atomic E-state index is 0.989. The van der Waals surface area contributed by atoms with E-state index in [0.29, 0.717) is 0 Å². The van der Waals surface area contributed by atoms with Crippen molar-refractivity contribution in [2.45, 2.75) is 32.7 Å². The van der Waals surface area contributed by atoms with E-state index < -0.39 is 0 Å². The molecule has 0 aliphatic carbocycles. The Bertz CT molecular complexity index is 272. The Hall–Kier alpha value is -0.410. The molecular formula is C12H21NOS. The highest BCUT2D eigenvalue weighted by Crippen LogP contribution is 2.11. The van der Waals surface area contributed by atoms with Gasteiger partial charge in [0, 0.05) is 12.1 Å². The average Bonchev–Trinajstić information content (AvgIpc) is 2.59. The second-order valence-corrected chi connectivity index (χ2v) is 4.47. The van der Waals surface area contributed by atoms with Gasteiger partial charge in [-0.3, -0.25) is 0 Å². The maximum absolute atomic E-state index is 5.27. The quantitative estimate of drug-likeness (QED) is 0.569. The first-order valence-electron chi connectivity index (χ1n) is 5.56. The molecule has 1 heterocycles. The molecule has 0 N–H and O–H groups in total. The molecule has 0 radical (unpaired) electrons. The molecule has 15 heavy (non-hydrogen) atoms. The third kappa shape index (κ3) is 4.76. The van der Waals surface area contributed by atoms with E-state index in [0.717, 1.165) is 24.6 Å². The Kier molecular flexibility index (Phi) is 5.88. The molecule has 0 aromatic carbocycles. The number of thiol groups is 1. The van der Waals surface area contributed by atoms with Gasteiger partial charge in [-0.1, -0.05) is 6.42 Å². The highest BCUT2D eigenvalue weighted by atomic mass is 32.1. The lowest BCUT2D eigenvalue weighted by molar-refractivity contribution is 0.316. The van der Waals surface area contributed by atoms with E-state index in [1.54, 1.807) is 6.26 Å². The van der Waals surface area contributed by atoms with Crippen LogP contribution in [0.5, 0.6) is 0 Å². The van der Waals surface area contributed by atoms with Gasteiger partial charge in [0.2, 0.25) is 0 Å². The highest BCUT2D eigenvalue weighted by molar-refractivity contribution is 7.80. The molecule has 0 aliphatic heterocycles. The first kappa shape index (κ1) is 12.7. The van der Waals surface area contributed by atoms with Gasteiger partial charge < -0.3 is 9.32 Å². The molecule has 1 aromatic rings. The number of hydrogen-bond acceptors (Lipinski definition) is 3. The maximum Gasteiger partial charge on any atom is 0.105 e. The lowest BCUT2D eigenvalue weighted by Gasteiger charge is -2.15. The fourth-order valence-electron chi connectivity index (χ4n) is 1.62. The molecule has 1 rings (SSSR count). The topological polar surface area (TPSA) is 16.4 Å². The molecule has 0 unspecified atom stereocenters. The van der Waals surface area contributed by atoms with Crippen molar-refractivity contribution in [3.63, 3.8) is 0 Å². The second kappa shape index (κ2) is 6.96. The third-order valence-corrected chi connectivity index (χ3v) is 2.92. The van der Waals surface area contributed by atoms with Crippen molar-refractivity contribution in [1.29, 1.82) is 0 Å². The van der Waals surface area contributed by atoms with Crippen molar-refractivity contribution in [2.75, 3.05) is 19.3 Å². The van der Waals surface area contributed by atoms with Gasteiger partial charge in [0.15, 0.2) is 0 Å². The van der Waals surface area contributed by atoms with Crippen LogP contribution in [0, 0.1) is 6.92 Å². The van der Waals surface area contributed by atoms with Gasteiger partial charge >= 0.3 is 0 Å². The summed E-state index contributed by atoms with van der Waals surface area (Å²) in [7, 11) is 2.16. The molecule has 0 atom stereocenters. The Morgan fingerprint density at radius 3 is 2.73 bits per heavy atom. The summed E-state index contributed by atoms with van der Waals surface area (Å²) in [5.41, 5.74) is 1.30. The third-order valence-electron chi connectivity index (χ3n) is 2.60.